The molecule has 1 aliphatic heterocycles. The summed E-state index contributed by atoms with van der Waals surface area (Å²) in [6, 6.07) is 5.61. The molecule has 21 heavy (non-hydrogen) atoms. The normalized spacial score (nSPS) is 19.2. The van der Waals surface area contributed by atoms with Crippen LogP contribution >= 0.6 is 0 Å². The molecule has 0 fully saturated rings. The number of nitrogens with one attached hydrogen (secondary N) is 1. The second-order valence-corrected chi connectivity index (χ2v) is 5.01. The van der Waals surface area contributed by atoms with Gasteiger partial charge in [0.05, 0.1) is 18.7 Å². The van der Waals surface area contributed by atoms with Gasteiger partial charge in [-0.05, 0) is 37.1 Å². The van der Waals surface area contributed by atoms with Crippen molar-refractivity contribution in [3.63, 3.8) is 0 Å². The maximum absolute atomic E-state index is 12.4. The second-order valence-electron chi connectivity index (χ2n) is 5.01. The lowest BCUT2D eigenvalue weighted by Crippen LogP contribution is -2.28. The van der Waals surface area contributed by atoms with Crippen molar-refractivity contribution in [2.45, 2.75) is 13.3 Å². The Morgan fingerprint density at radius 3 is 3.14 bits per heavy atom. The Morgan fingerprint density at radius 2 is 2.33 bits per heavy atom. The number of allylic oxidation sites excluding steroid dienone is 4. The zero-order valence-corrected chi connectivity index (χ0v) is 11.9. The number of aryl methyl sites for hydroxylation is 1. The molecule has 1 amide bonds. The highest BCUT2D eigenvalue weighted by Gasteiger charge is 2.34. The molecule has 5 heteroatoms. The van der Waals surface area contributed by atoms with E-state index in [0.29, 0.717) is 17.1 Å². The van der Waals surface area contributed by atoms with Crippen LogP contribution in [0.5, 0.6) is 5.75 Å². The number of nitrogens with zero attached hydrogens (tertiary/aromatic N) is 1. The molecule has 1 aromatic carbocycles. The zero-order valence-electron chi connectivity index (χ0n) is 11.9. The van der Waals surface area contributed by atoms with Gasteiger partial charge in [0.1, 0.15) is 11.5 Å². The van der Waals surface area contributed by atoms with Crippen molar-refractivity contribution in [3.05, 3.63) is 47.7 Å². The predicted molar refractivity (Wildman–Crippen MR) is 80.2 cm³/mol. The largest absolute Gasteiger partial charge is 0.495 e. The van der Waals surface area contributed by atoms with Gasteiger partial charge in [-0.2, -0.15) is 0 Å². The number of benzene rings is 1. The fourth-order valence-corrected chi connectivity index (χ4v) is 2.40. The Kier molecular flexibility index (Phi) is 3.48. The Hall–Kier alpha value is -2.56. The molecule has 3 rings (SSSR count). The third-order valence-corrected chi connectivity index (χ3v) is 3.53. The SMILES string of the molecule is COc1cc(C)ccc1NC(=O)C1=NOC2=CC=CCC21. The maximum Gasteiger partial charge on any atom is 0.274 e. The minimum Gasteiger partial charge on any atom is -0.495 e. The lowest BCUT2D eigenvalue weighted by Gasteiger charge is -2.14. The van der Waals surface area contributed by atoms with Gasteiger partial charge in [0.25, 0.3) is 5.91 Å². The number of rotatable bonds is 3. The summed E-state index contributed by atoms with van der Waals surface area (Å²) in [5, 5.41) is 6.74. The molecule has 1 aromatic rings. The van der Waals surface area contributed by atoms with Crippen LogP contribution in [0.3, 0.4) is 0 Å². The maximum atomic E-state index is 12.4. The molecular weight excluding hydrogens is 268 g/mol. The van der Waals surface area contributed by atoms with E-state index < -0.39 is 0 Å². The van der Waals surface area contributed by atoms with Crippen LogP contribution in [0.4, 0.5) is 5.69 Å². The molecule has 1 heterocycles. The number of hydrogen-bond donors (Lipinski definition) is 1. The van der Waals surface area contributed by atoms with E-state index in [-0.39, 0.29) is 11.8 Å². The molecule has 0 saturated heterocycles. The molecule has 0 aromatic heterocycles. The van der Waals surface area contributed by atoms with Crippen molar-refractivity contribution in [2.24, 2.45) is 11.1 Å². The predicted octanol–water partition coefficient (Wildman–Crippen LogP) is 2.79. The Bertz CT molecular complexity index is 674. The Labute approximate surface area is 122 Å². The lowest BCUT2D eigenvalue weighted by molar-refractivity contribution is -0.110. The third kappa shape index (κ3) is 2.54. The monoisotopic (exact) mass is 284 g/mol. The summed E-state index contributed by atoms with van der Waals surface area (Å²) in [7, 11) is 1.58. The smallest absolute Gasteiger partial charge is 0.274 e. The summed E-state index contributed by atoms with van der Waals surface area (Å²) in [5.74, 6) is 0.994. The Morgan fingerprint density at radius 1 is 1.48 bits per heavy atom. The lowest BCUT2D eigenvalue weighted by atomic mass is 9.93. The van der Waals surface area contributed by atoms with Crippen LogP contribution in [0.1, 0.15) is 12.0 Å². The van der Waals surface area contributed by atoms with E-state index in [1.54, 1.807) is 7.11 Å². The molecule has 0 spiro atoms. The van der Waals surface area contributed by atoms with Gasteiger partial charge in [0, 0.05) is 0 Å². The standard InChI is InChI=1S/C16H16N2O3/c1-10-7-8-12(14(9-10)20-2)17-16(19)15-11-5-3-4-6-13(11)21-18-15/h3-4,6-9,11H,5H2,1-2H3,(H,17,19). The topological polar surface area (TPSA) is 59.9 Å². The van der Waals surface area contributed by atoms with Crippen molar-refractivity contribution in [1.82, 2.24) is 0 Å². The van der Waals surface area contributed by atoms with Crippen molar-refractivity contribution < 1.29 is 14.4 Å². The van der Waals surface area contributed by atoms with Gasteiger partial charge >= 0.3 is 0 Å². The average Bonchev–Trinajstić information content (AvgIpc) is 2.93. The van der Waals surface area contributed by atoms with E-state index >= 15 is 0 Å². The average molecular weight is 284 g/mol. The molecule has 5 nitrogen and oxygen atoms in total. The number of carbonyl (C=O) groups is 1. The molecule has 0 saturated carbocycles. The number of oxime groups is 1. The van der Waals surface area contributed by atoms with E-state index in [1.165, 1.54) is 0 Å². The highest BCUT2D eigenvalue weighted by Crippen LogP contribution is 2.30. The zero-order chi connectivity index (χ0) is 14.8. The number of ether oxygens (including phenoxy) is 1. The number of anilines is 1. The molecule has 1 N–H and O–H groups in total. The van der Waals surface area contributed by atoms with E-state index in [4.69, 9.17) is 9.57 Å². The fourth-order valence-electron chi connectivity index (χ4n) is 2.40. The van der Waals surface area contributed by atoms with Gasteiger partial charge in [-0.3, -0.25) is 4.79 Å². The van der Waals surface area contributed by atoms with Crippen LogP contribution < -0.4 is 10.1 Å². The number of hydrogen-bond acceptors (Lipinski definition) is 4. The summed E-state index contributed by atoms with van der Waals surface area (Å²) < 4.78 is 5.29. The first-order chi connectivity index (χ1) is 10.2. The van der Waals surface area contributed by atoms with Gasteiger partial charge in [-0.15, -0.1) is 0 Å². The van der Waals surface area contributed by atoms with Crippen LogP contribution in [-0.4, -0.2) is 18.7 Å². The van der Waals surface area contributed by atoms with E-state index in [0.717, 1.165) is 17.7 Å². The summed E-state index contributed by atoms with van der Waals surface area (Å²) in [6.45, 7) is 1.97. The molecule has 0 radical (unpaired) electrons. The molecule has 1 atom stereocenters. The van der Waals surface area contributed by atoms with Crippen molar-refractivity contribution in [3.8, 4) is 5.75 Å². The fraction of sp³-hybridized carbons (Fsp3) is 0.250. The summed E-state index contributed by atoms with van der Waals surface area (Å²) >= 11 is 0. The molecule has 0 bridgehead atoms. The van der Waals surface area contributed by atoms with Gasteiger partial charge in [-0.25, -0.2) is 0 Å². The van der Waals surface area contributed by atoms with Crippen molar-refractivity contribution >= 4 is 17.3 Å². The van der Waals surface area contributed by atoms with Crippen LogP contribution in [0.2, 0.25) is 0 Å². The summed E-state index contributed by atoms with van der Waals surface area (Å²) in [4.78, 5) is 17.6. The molecular formula is C16H16N2O3. The number of fused-ring (bicyclic) bond motifs is 1. The second kappa shape index (κ2) is 5.44. The van der Waals surface area contributed by atoms with Crippen LogP contribution in [0.25, 0.3) is 0 Å². The summed E-state index contributed by atoms with van der Waals surface area (Å²) in [5.41, 5.74) is 2.09. The number of amides is 1. The first-order valence-electron chi connectivity index (χ1n) is 6.76. The van der Waals surface area contributed by atoms with Crippen molar-refractivity contribution in [1.29, 1.82) is 0 Å². The molecule has 1 aliphatic carbocycles. The van der Waals surface area contributed by atoms with Crippen molar-refractivity contribution in [2.75, 3.05) is 12.4 Å². The highest BCUT2D eigenvalue weighted by molar-refractivity contribution is 6.44. The van der Waals surface area contributed by atoms with Crippen LogP contribution in [0.15, 0.2) is 47.3 Å². The van der Waals surface area contributed by atoms with Gasteiger partial charge in [-0.1, -0.05) is 23.4 Å². The van der Waals surface area contributed by atoms with Crippen LogP contribution in [-0.2, 0) is 9.63 Å². The quantitative estimate of drug-likeness (QED) is 0.928. The van der Waals surface area contributed by atoms with Gasteiger partial charge in [0.2, 0.25) is 0 Å². The highest BCUT2D eigenvalue weighted by atomic mass is 16.6. The molecule has 1 unspecified atom stereocenters. The Balaban J connectivity index is 1.79. The third-order valence-electron chi connectivity index (χ3n) is 3.53. The van der Waals surface area contributed by atoms with E-state index in [9.17, 15) is 4.79 Å². The molecule has 2 aliphatic rings. The van der Waals surface area contributed by atoms with Gasteiger partial charge < -0.3 is 14.9 Å². The summed E-state index contributed by atoms with van der Waals surface area (Å²) in [6.07, 6.45) is 6.47. The number of carbonyl (C=O) groups excluding carboxylic acids is 1. The number of methoxy groups -OCH3 is 1. The van der Waals surface area contributed by atoms with E-state index in [2.05, 4.69) is 10.5 Å². The van der Waals surface area contributed by atoms with E-state index in [1.807, 2.05) is 43.4 Å². The minimum absolute atomic E-state index is 0.0913. The first-order valence-corrected chi connectivity index (χ1v) is 6.76. The van der Waals surface area contributed by atoms with Crippen LogP contribution in [0, 0.1) is 12.8 Å². The van der Waals surface area contributed by atoms with Gasteiger partial charge in [0.15, 0.2) is 5.71 Å². The first kappa shape index (κ1) is 13.4. The molecule has 108 valence electrons. The minimum atomic E-state index is -0.263.